The Labute approximate surface area is 195 Å². The van der Waals surface area contributed by atoms with Crippen LogP contribution in [0.1, 0.15) is 16.1 Å². The molecular weight excluding hydrogens is 436 g/mol. The Morgan fingerprint density at radius 2 is 1.97 bits per heavy atom. The maximum Gasteiger partial charge on any atom is 0.244 e. The Balaban J connectivity index is 1.26. The van der Waals surface area contributed by atoms with Gasteiger partial charge in [0.05, 0.1) is 5.52 Å². The predicted molar refractivity (Wildman–Crippen MR) is 127 cm³/mol. The summed E-state index contributed by atoms with van der Waals surface area (Å²) in [7, 11) is 2.07. The van der Waals surface area contributed by atoms with E-state index in [2.05, 4.69) is 27.0 Å². The molecule has 4 heterocycles. The lowest BCUT2D eigenvalue weighted by Crippen LogP contribution is -2.48. The van der Waals surface area contributed by atoms with Gasteiger partial charge in [-0.3, -0.25) is 19.3 Å². The summed E-state index contributed by atoms with van der Waals surface area (Å²) in [5.74, 6) is 0.0534. The first-order valence-corrected chi connectivity index (χ1v) is 11.7. The van der Waals surface area contributed by atoms with E-state index >= 15 is 0 Å². The van der Waals surface area contributed by atoms with Crippen LogP contribution in [-0.4, -0.2) is 74.5 Å². The number of thiazole rings is 1. The topological polar surface area (TPSA) is 84.2 Å². The minimum atomic E-state index is -0.0293. The number of fused-ring (bicyclic) bond motifs is 1. The maximum absolute atomic E-state index is 12.8. The van der Waals surface area contributed by atoms with Crippen LogP contribution >= 0.6 is 11.3 Å². The molecule has 168 valence electrons. The summed E-state index contributed by atoms with van der Waals surface area (Å²) < 4.78 is 1.69. The second-order valence-electron chi connectivity index (χ2n) is 8.28. The number of benzene rings is 1. The standard InChI is InChI=1S/C24H24N6O2S/c1-28-7-9-29(10-8-28)23(32)15-30-14-19-11-17(4-5-20(19)27-30)12-22(31)21-16-33-24(26-21)18-3-2-6-25-13-18/h2-6,11,13-14,16H,7-10,12,15H2,1H3. The van der Waals surface area contributed by atoms with E-state index in [4.69, 9.17) is 0 Å². The summed E-state index contributed by atoms with van der Waals surface area (Å²) >= 11 is 1.44. The predicted octanol–water partition coefficient (Wildman–Crippen LogP) is 2.75. The van der Waals surface area contributed by atoms with Crippen molar-refractivity contribution >= 4 is 33.9 Å². The third kappa shape index (κ3) is 4.84. The van der Waals surface area contributed by atoms with Crippen molar-refractivity contribution in [3.63, 3.8) is 0 Å². The van der Waals surface area contributed by atoms with Crippen molar-refractivity contribution in [3.8, 4) is 10.6 Å². The van der Waals surface area contributed by atoms with Gasteiger partial charge in [0, 0.05) is 67.5 Å². The average molecular weight is 461 g/mol. The first-order valence-electron chi connectivity index (χ1n) is 10.9. The van der Waals surface area contributed by atoms with Crippen LogP contribution in [-0.2, 0) is 17.8 Å². The number of carbonyl (C=O) groups excluding carboxylic acids is 2. The molecular formula is C24H24N6O2S. The lowest BCUT2D eigenvalue weighted by molar-refractivity contribution is -0.133. The summed E-state index contributed by atoms with van der Waals surface area (Å²) in [6.45, 7) is 3.52. The molecule has 9 heteroatoms. The number of piperazine rings is 1. The van der Waals surface area contributed by atoms with E-state index in [9.17, 15) is 9.59 Å². The monoisotopic (exact) mass is 460 g/mol. The van der Waals surface area contributed by atoms with Crippen molar-refractivity contribution in [2.75, 3.05) is 33.2 Å². The third-order valence-electron chi connectivity index (χ3n) is 5.83. The van der Waals surface area contributed by atoms with Gasteiger partial charge >= 0.3 is 0 Å². The highest BCUT2D eigenvalue weighted by atomic mass is 32.1. The van der Waals surface area contributed by atoms with Crippen LogP contribution in [0.2, 0.25) is 0 Å². The highest BCUT2D eigenvalue weighted by Gasteiger charge is 2.20. The van der Waals surface area contributed by atoms with Crippen molar-refractivity contribution in [3.05, 3.63) is 65.6 Å². The molecule has 0 N–H and O–H groups in total. The smallest absolute Gasteiger partial charge is 0.244 e. The molecule has 33 heavy (non-hydrogen) atoms. The normalized spacial score (nSPS) is 14.6. The molecule has 1 fully saturated rings. The van der Waals surface area contributed by atoms with Crippen molar-refractivity contribution in [1.29, 1.82) is 0 Å². The summed E-state index contributed by atoms with van der Waals surface area (Å²) in [5.41, 5.74) is 3.08. The fourth-order valence-corrected chi connectivity index (χ4v) is 4.73. The second kappa shape index (κ2) is 9.21. The molecule has 0 spiro atoms. The van der Waals surface area contributed by atoms with E-state index in [1.807, 2.05) is 41.4 Å². The Hall–Kier alpha value is -3.43. The first kappa shape index (κ1) is 21.4. The van der Waals surface area contributed by atoms with Gasteiger partial charge in [0.25, 0.3) is 0 Å². The van der Waals surface area contributed by atoms with Crippen molar-refractivity contribution in [1.82, 2.24) is 29.5 Å². The van der Waals surface area contributed by atoms with Gasteiger partial charge in [-0.2, -0.15) is 5.10 Å². The zero-order valence-corrected chi connectivity index (χ0v) is 19.2. The zero-order valence-electron chi connectivity index (χ0n) is 18.3. The number of nitrogens with zero attached hydrogens (tertiary/aromatic N) is 6. The number of pyridine rings is 1. The second-order valence-corrected chi connectivity index (χ2v) is 9.14. The molecule has 0 atom stereocenters. The van der Waals surface area contributed by atoms with E-state index in [0.717, 1.165) is 53.2 Å². The van der Waals surface area contributed by atoms with Gasteiger partial charge in [0.2, 0.25) is 5.91 Å². The summed E-state index contributed by atoms with van der Waals surface area (Å²) in [5, 5.41) is 8.03. The molecule has 0 aliphatic carbocycles. The molecule has 0 unspecified atom stereocenters. The minimum absolute atomic E-state index is 0.0293. The number of carbonyl (C=O) groups is 2. The van der Waals surface area contributed by atoms with Crippen LogP contribution in [0.5, 0.6) is 0 Å². The van der Waals surface area contributed by atoms with Crippen LogP contribution in [0, 0.1) is 0 Å². The number of amides is 1. The number of aromatic nitrogens is 4. The van der Waals surface area contributed by atoms with E-state index in [1.54, 1.807) is 22.5 Å². The minimum Gasteiger partial charge on any atom is -0.339 e. The molecule has 3 aromatic heterocycles. The molecule has 1 amide bonds. The van der Waals surface area contributed by atoms with E-state index in [0.29, 0.717) is 5.69 Å². The number of ketones is 1. The van der Waals surface area contributed by atoms with Crippen molar-refractivity contribution in [2.45, 2.75) is 13.0 Å². The Morgan fingerprint density at radius 1 is 1.12 bits per heavy atom. The van der Waals surface area contributed by atoms with Crippen LogP contribution in [0.15, 0.2) is 54.3 Å². The van der Waals surface area contributed by atoms with Gasteiger partial charge in [-0.05, 0) is 36.9 Å². The number of hydrogen-bond acceptors (Lipinski definition) is 7. The Kier molecular flexibility index (Phi) is 5.97. The molecule has 1 aliphatic rings. The molecule has 0 saturated carbocycles. The fourth-order valence-electron chi connectivity index (χ4n) is 3.91. The first-order chi connectivity index (χ1) is 16.0. The van der Waals surface area contributed by atoms with Gasteiger partial charge < -0.3 is 9.80 Å². The lowest BCUT2D eigenvalue weighted by atomic mass is 10.1. The Bertz CT molecular complexity index is 1290. The lowest BCUT2D eigenvalue weighted by Gasteiger charge is -2.32. The molecule has 8 nitrogen and oxygen atoms in total. The van der Waals surface area contributed by atoms with E-state index < -0.39 is 0 Å². The maximum atomic E-state index is 12.8. The molecule has 1 aliphatic heterocycles. The fraction of sp³-hybridized carbons (Fsp3) is 0.292. The molecule has 4 aromatic rings. The molecule has 5 rings (SSSR count). The van der Waals surface area contributed by atoms with E-state index in [1.165, 1.54) is 11.3 Å². The van der Waals surface area contributed by atoms with E-state index in [-0.39, 0.29) is 24.7 Å². The summed E-state index contributed by atoms with van der Waals surface area (Å²) in [4.78, 5) is 38.1. The number of rotatable bonds is 6. The molecule has 1 saturated heterocycles. The van der Waals surface area contributed by atoms with Crippen LogP contribution in [0.25, 0.3) is 21.5 Å². The van der Waals surface area contributed by atoms with Gasteiger partial charge in [-0.1, -0.05) is 6.07 Å². The molecule has 0 bridgehead atoms. The largest absolute Gasteiger partial charge is 0.339 e. The van der Waals surface area contributed by atoms with Crippen molar-refractivity contribution in [2.24, 2.45) is 0 Å². The summed E-state index contributed by atoms with van der Waals surface area (Å²) in [6, 6.07) is 9.56. The average Bonchev–Trinajstić information content (AvgIpc) is 3.47. The number of likely N-dealkylation sites (N-methyl/N-ethyl adjacent to an activating group) is 1. The van der Waals surface area contributed by atoms with Crippen molar-refractivity contribution < 1.29 is 9.59 Å². The van der Waals surface area contributed by atoms with Gasteiger partial charge in [-0.25, -0.2) is 4.98 Å². The Morgan fingerprint density at radius 3 is 2.76 bits per heavy atom. The number of Topliss-reactive ketones (excluding diaryl/α,β-unsaturated/α-hetero) is 1. The molecule has 1 aromatic carbocycles. The third-order valence-corrected chi connectivity index (χ3v) is 6.72. The highest BCUT2D eigenvalue weighted by Crippen LogP contribution is 2.24. The van der Waals surface area contributed by atoms with Crippen LogP contribution in [0.4, 0.5) is 0 Å². The molecule has 0 radical (unpaired) electrons. The quantitative estimate of drug-likeness (QED) is 0.412. The van der Waals surface area contributed by atoms with Gasteiger partial charge in [-0.15, -0.1) is 11.3 Å². The summed E-state index contributed by atoms with van der Waals surface area (Å²) in [6.07, 6.45) is 5.59. The number of hydrogen-bond donors (Lipinski definition) is 0. The van der Waals surface area contributed by atoms with Crippen LogP contribution in [0.3, 0.4) is 0 Å². The van der Waals surface area contributed by atoms with Crippen LogP contribution < -0.4 is 0 Å². The van der Waals surface area contributed by atoms with Gasteiger partial charge in [0.15, 0.2) is 5.78 Å². The SMILES string of the molecule is CN1CCN(C(=O)Cn2cc3cc(CC(=O)c4csc(-c5cccnc5)n4)ccc3n2)CC1. The zero-order chi connectivity index (χ0) is 22.8. The highest BCUT2D eigenvalue weighted by molar-refractivity contribution is 7.13. The van der Waals surface area contributed by atoms with Gasteiger partial charge in [0.1, 0.15) is 17.2 Å².